The first kappa shape index (κ1) is 53.4. The Morgan fingerprint density at radius 2 is 1.53 bits per heavy atom. The molecule has 5 aromatic carbocycles. The van der Waals surface area contributed by atoms with Crippen LogP contribution >= 0.6 is 30.9 Å². The molecule has 2 N–H and O–H groups in total. The monoisotopic (exact) mass is 1080 g/mol. The fourth-order valence-corrected chi connectivity index (χ4v) is 15.2. The maximum Gasteiger partial charge on any atom is 0.326 e. The zero-order chi connectivity index (χ0) is 52.3. The second kappa shape index (κ2) is 22.8. The van der Waals surface area contributed by atoms with Gasteiger partial charge in [-0.15, -0.1) is 11.8 Å². The van der Waals surface area contributed by atoms with Crippen molar-refractivity contribution < 1.29 is 31.9 Å². The number of aliphatic hydroxyl groups is 1. The molecular weight excluding hydrogens is 1020 g/mol. The van der Waals surface area contributed by atoms with Crippen molar-refractivity contribution in [2.24, 2.45) is 5.92 Å². The number of thioether (sulfide) groups is 1. The number of aliphatic hydroxyl groups excluding tert-OH is 1. The van der Waals surface area contributed by atoms with Crippen LogP contribution in [0.1, 0.15) is 44.8 Å². The molecule has 0 unspecified atom stereocenters. The highest BCUT2D eigenvalue weighted by Crippen LogP contribution is 2.56. The van der Waals surface area contributed by atoms with E-state index in [0.29, 0.717) is 89.0 Å². The Balaban J connectivity index is 0.898. The van der Waals surface area contributed by atoms with E-state index < -0.39 is 28.1 Å². The largest absolute Gasteiger partial charge is 0.396 e. The predicted molar refractivity (Wildman–Crippen MR) is 298 cm³/mol. The van der Waals surface area contributed by atoms with Crippen LogP contribution in [-0.2, 0) is 18.9 Å². The van der Waals surface area contributed by atoms with E-state index >= 15 is 4.39 Å². The Morgan fingerprint density at radius 3 is 2.16 bits per heavy atom. The van der Waals surface area contributed by atoms with Crippen molar-refractivity contribution in [3.63, 3.8) is 0 Å². The van der Waals surface area contributed by atoms with Crippen LogP contribution in [0.2, 0.25) is 5.02 Å². The average Bonchev–Trinajstić information content (AvgIpc) is 3.96. The van der Waals surface area contributed by atoms with Gasteiger partial charge in [-0.05, 0) is 149 Å². The molecule has 1 aromatic heterocycles. The van der Waals surface area contributed by atoms with Crippen molar-refractivity contribution in [1.29, 1.82) is 0 Å². The Morgan fingerprint density at radius 1 is 0.865 bits per heavy atom. The number of piperidine rings is 1. The molecule has 0 spiro atoms. The zero-order valence-corrected chi connectivity index (χ0v) is 45.5. The second-order valence-corrected chi connectivity index (χ2v) is 25.5. The summed E-state index contributed by atoms with van der Waals surface area (Å²) in [6, 6.07) is 34.4. The van der Waals surface area contributed by atoms with Gasteiger partial charge in [0, 0.05) is 108 Å². The van der Waals surface area contributed by atoms with Crippen molar-refractivity contribution in [2.45, 2.75) is 61.9 Å². The van der Waals surface area contributed by atoms with Crippen molar-refractivity contribution in [2.75, 3.05) is 97.4 Å². The van der Waals surface area contributed by atoms with Gasteiger partial charge in [-0.3, -0.25) is 19.3 Å². The summed E-state index contributed by atoms with van der Waals surface area (Å²) < 4.78 is 67.6. The van der Waals surface area contributed by atoms with Gasteiger partial charge in [-0.2, -0.15) is 0 Å². The van der Waals surface area contributed by atoms with Crippen LogP contribution in [-0.4, -0.2) is 112 Å². The first-order chi connectivity index (χ1) is 35.5. The standard InChI is InChI=1S/C55H64ClFN7O7PS2/c1-38(2)63-39(3)55(74(4,69)70)53(54(63)41-10-12-43(56)13-11-41)42-32-44(57)34-48(33-42)61-28-26-60(27-29-61)46-14-16-47(17-15-46)62-30-31-71-72(62,68)49-18-19-51(52(35-49)64(66)67)58-45(37-73-50-8-6-5-7-9-50)22-25-59-23-20-40(36-65)21-24-59/h5-19,32-35,38,40,45,58,65H,20-31,36-37H2,1-4H3/t45-,72+/m1/s1. The summed E-state index contributed by atoms with van der Waals surface area (Å²) in [5.74, 6) is 0.542. The van der Waals surface area contributed by atoms with Crippen molar-refractivity contribution in [1.82, 2.24) is 9.47 Å². The summed E-state index contributed by atoms with van der Waals surface area (Å²) in [5, 5.41) is 26.7. The average molecular weight is 1080 g/mol. The SMILES string of the molecule is Cc1c(S(C)(=O)=O)c(-c2cc(F)cc(N3CCN(c4ccc(N5CCO[P@@]5(=O)c5ccc(N[C@H](CCN6CCC(CO)CC6)CSc6ccccc6)c([N+](=O)[O-])c5)cc4)CC3)c2)c(-c2ccc(Cl)cc2)n1C(C)C. The fourth-order valence-electron chi connectivity index (χ4n) is 10.7. The number of nitro groups is 1. The number of halogens is 2. The minimum atomic E-state index is -3.76. The number of nitrogens with one attached hydrogen (secondary N) is 1. The lowest BCUT2D eigenvalue weighted by molar-refractivity contribution is -0.383. The molecule has 3 fully saturated rings. The Labute approximate surface area is 443 Å². The van der Waals surface area contributed by atoms with Crippen LogP contribution in [0.25, 0.3) is 22.4 Å². The maximum atomic E-state index is 15.8. The van der Waals surface area contributed by atoms with Gasteiger partial charge in [0.25, 0.3) is 5.69 Å². The lowest BCUT2D eigenvalue weighted by Crippen LogP contribution is -2.46. The summed E-state index contributed by atoms with van der Waals surface area (Å²) in [6.07, 6.45) is 3.85. The molecule has 4 heterocycles. The molecule has 3 aliphatic rings. The van der Waals surface area contributed by atoms with Gasteiger partial charge in [0.2, 0.25) is 0 Å². The van der Waals surface area contributed by atoms with Crippen molar-refractivity contribution in [3.8, 4) is 22.4 Å². The molecule has 9 rings (SSSR count). The van der Waals surface area contributed by atoms with Crippen LogP contribution in [0.15, 0.2) is 125 Å². The molecule has 19 heteroatoms. The molecule has 0 amide bonds. The van der Waals surface area contributed by atoms with E-state index in [0.717, 1.165) is 55.0 Å². The number of nitrogens with zero attached hydrogens (tertiary/aromatic N) is 6. The van der Waals surface area contributed by atoms with Gasteiger partial charge in [-0.25, -0.2) is 12.8 Å². The molecule has 74 heavy (non-hydrogen) atoms. The predicted octanol–water partition coefficient (Wildman–Crippen LogP) is 11.2. The number of aromatic nitrogens is 1. The van der Waals surface area contributed by atoms with E-state index in [1.807, 2.05) is 79.1 Å². The third-order valence-corrected chi connectivity index (χ3v) is 19.6. The van der Waals surface area contributed by atoms with Gasteiger partial charge < -0.3 is 34.2 Å². The quantitative estimate of drug-likeness (QED) is 0.0364. The maximum absolute atomic E-state index is 15.8. The number of benzene rings is 5. The fraction of sp³-hybridized carbons (Fsp3) is 0.382. The van der Waals surface area contributed by atoms with Crippen LogP contribution in [0.5, 0.6) is 0 Å². The third kappa shape index (κ3) is 11.7. The lowest BCUT2D eigenvalue weighted by Gasteiger charge is -2.37. The van der Waals surface area contributed by atoms with E-state index in [2.05, 4.69) is 32.1 Å². The molecule has 6 aromatic rings. The molecule has 14 nitrogen and oxygen atoms in total. The molecule has 0 aliphatic carbocycles. The second-order valence-electron chi connectivity index (χ2n) is 19.7. The van der Waals surface area contributed by atoms with E-state index in [1.165, 1.54) is 24.5 Å². The highest BCUT2D eigenvalue weighted by atomic mass is 35.5. The summed E-state index contributed by atoms with van der Waals surface area (Å²) in [5.41, 5.74) is 5.40. The number of nitro benzene ring substituents is 1. The molecule has 0 bridgehead atoms. The van der Waals surface area contributed by atoms with Crippen LogP contribution in [0, 0.1) is 28.8 Å². The van der Waals surface area contributed by atoms with Crippen molar-refractivity contribution >= 4 is 74.5 Å². The third-order valence-electron chi connectivity index (χ3n) is 14.4. The number of anilines is 4. The molecular formula is C55H64ClFN7O7PS2. The minimum absolute atomic E-state index is 0.0973. The van der Waals surface area contributed by atoms with E-state index in [1.54, 1.807) is 47.6 Å². The van der Waals surface area contributed by atoms with Gasteiger partial charge in [0.15, 0.2) is 9.84 Å². The van der Waals surface area contributed by atoms with Gasteiger partial charge in [-0.1, -0.05) is 41.9 Å². The number of hydrogen-bond donors (Lipinski definition) is 2. The van der Waals surface area contributed by atoms with E-state index in [4.69, 9.17) is 16.1 Å². The first-order valence-corrected chi connectivity index (χ1v) is 30.0. The summed E-state index contributed by atoms with van der Waals surface area (Å²) in [4.78, 5) is 20.3. The Bertz CT molecular complexity index is 3120. The number of piperazine rings is 1. The lowest BCUT2D eigenvalue weighted by atomic mass is 9.97. The van der Waals surface area contributed by atoms with Crippen LogP contribution in [0.3, 0.4) is 0 Å². The van der Waals surface area contributed by atoms with Gasteiger partial charge >= 0.3 is 7.52 Å². The number of hydrogen-bond acceptors (Lipinski definition) is 12. The topological polar surface area (TPSA) is 154 Å². The van der Waals surface area contributed by atoms with E-state index in [9.17, 15) is 28.2 Å². The van der Waals surface area contributed by atoms with Gasteiger partial charge in [0.1, 0.15) is 11.5 Å². The molecule has 0 radical (unpaired) electrons. The normalized spacial score (nSPS) is 18.4. The number of rotatable bonds is 18. The van der Waals surface area contributed by atoms with E-state index in [-0.39, 0.29) is 41.2 Å². The molecule has 0 saturated carbocycles. The smallest absolute Gasteiger partial charge is 0.326 e. The number of sulfone groups is 1. The molecule has 392 valence electrons. The summed E-state index contributed by atoms with van der Waals surface area (Å²) >= 11 is 7.97. The highest BCUT2D eigenvalue weighted by molar-refractivity contribution is 7.99. The summed E-state index contributed by atoms with van der Waals surface area (Å²) in [6.45, 7) is 11.5. The molecule has 3 saturated heterocycles. The van der Waals surface area contributed by atoms with Crippen LogP contribution < -0.4 is 25.1 Å². The number of likely N-dealkylation sites (tertiary alicyclic amines) is 1. The Hall–Kier alpha value is -5.39. The van der Waals surface area contributed by atoms with Crippen LogP contribution in [0.4, 0.5) is 32.8 Å². The minimum Gasteiger partial charge on any atom is -0.396 e. The van der Waals surface area contributed by atoms with Gasteiger partial charge in [0.05, 0.1) is 34.0 Å². The molecule has 2 atom stereocenters. The highest BCUT2D eigenvalue weighted by Gasteiger charge is 2.41. The Kier molecular flexibility index (Phi) is 16.5. The zero-order valence-electron chi connectivity index (χ0n) is 42.2. The van der Waals surface area contributed by atoms with Crippen molar-refractivity contribution in [3.05, 3.63) is 142 Å². The molecule has 3 aliphatic heterocycles. The summed E-state index contributed by atoms with van der Waals surface area (Å²) in [7, 11) is -7.50. The first-order valence-electron chi connectivity index (χ1n) is 25.2.